The largest absolute Gasteiger partial charge is 0.415 e. The monoisotopic (exact) mass is 435 g/mol. The van der Waals surface area contributed by atoms with Gasteiger partial charge in [-0.05, 0) is 61.0 Å². The maximum Gasteiger partial charge on any atom is 0.388 e. The zero-order valence-corrected chi connectivity index (χ0v) is 18.2. The predicted octanol–water partition coefficient (Wildman–Crippen LogP) is 6.05. The molecular formula is C22H27F2N3O2S. The van der Waals surface area contributed by atoms with Crippen molar-refractivity contribution in [3.63, 3.8) is 0 Å². The van der Waals surface area contributed by atoms with E-state index in [-0.39, 0.29) is 29.6 Å². The Morgan fingerprint density at radius 3 is 2.57 bits per heavy atom. The van der Waals surface area contributed by atoms with Crippen LogP contribution in [0.15, 0.2) is 36.4 Å². The van der Waals surface area contributed by atoms with Gasteiger partial charge < -0.3 is 10.1 Å². The molecule has 1 saturated heterocycles. The number of thioether (sulfide) groups is 1. The van der Waals surface area contributed by atoms with Crippen molar-refractivity contribution in [2.45, 2.75) is 52.2 Å². The van der Waals surface area contributed by atoms with Crippen molar-refractivity contribution in [3.8, 4) is 5.88 Å². The van der Waals surface area contributed by atoms with Gasteiger partial charge in [0.2, 0.25) is 5.88 Å². The Morgan fingerprint density at radius 1 is 1.20 bits per heavy atom. The second-order valence-corrected chi connectivity index (χ2v) is 8.77. The van der Waals surface area contributed by atoms with Crippen molar-refractivity contribution >= 4 is 29.2 Å². The third-order valence-electron chi connectivity index (χ3n) is 5.03. The van der Waals surface area contributed by atoms with Crippen LogP contribution >= 0.6 is 11.8 Å². The molecule has 2 heterocycles. The van der Waals surface area contributed by atoms with E-state index in [1.165, 1.54) is 0 Å². The number of pyridine rings is 1. The number of benzene rings is 1. The zero-order valence-electron chi connectivity index (χ0n) is 17.4. The number of para-hydroxylation sites is 1. The number of amides is 2. The van der Waals surface area contributed by atoms with Crippen molar-refractivity contribution in [3.05, 3.63) is 47.7 Å². The van der Waals surface area contributed by atoms with Crippen molar-refractivity contribution in [1.82, 2.24) is 4.98 Å². The number of urea groups is 1. The van der Waals surface area contributed by atoms with E-state index in [2.05, 4.69) is 28.9 Å². The van der Waals surface area contributed by atoms with Crippen LogP contribution in [0.2, 0.25) is 0 Å². The first-order valence-electron chi connectivity index (χ1n) is 10.1. The van der Waals surface area contributed by atoms with Gasteiger partial charge in [-0.2, -0.15) is 20.5 Å². The Hall–Kier alpha value is -2.35. The summed E-state index contributed by atoms with van der Waals surface area (Å²) in [5.74, 6) is 1.90. The van der Waals surface area contributed by atoms with E-state index in [0.717, 1.165) is 35.6 Å². The lowest BCUT2D eigenvalue weighted by atomic mass is 9.98. The lowest BCUT2D eigenvalue weighted by Crippen LogP contribution is -2.45. The molecule has 0 aliphatic carbocycles. The zero-order chi connectivity index (χ0) is 21.7. The highest BCUT2D eigenvalue weighted by Gasteiger charge is 2.30. The highest BCUT2D eigenvalue weighted by molar-refractivity contribution is 7.99. The fraction of sp³-hybridized carbons (Fsp3) is 0.455. The van der Waals surface area contributed by atoms with Crippen molar-refractivity contribution in [2.75, 3.05) is 21.7 Å². The minimum atomic E-state index is -3.02. The minimum absolute atomic E-state index is 0.0315. The molecular weight excluding hydrogens is 408 g/mol. The second-order valence-electron chi connectivity index (χ2n) is 7.54. The molecule has 1 aromatic heterocycles. The van der Waals surface area contributed by atoms with Gasteiger partial charge in [-0.25, -0.2) is 9.78 Å². The molecule has 0 spiro atoms. The van der Waals surface area contributed by atoms with Crippen molar-refractivity contribution in [2.24, 2.45) is 0 Å². The SMILES string of the molecule is Cc1ccc(NC(=O)N(c2ccccc2C(C)C)C2CCSCC2)c(OC(F)F)n1. The van der Waals surface area contributed by atoms with Gasteiger partial charge in [0, 0.05) is 17.4 Å². The third kappa shape index (κ3) is 5.41. The van der Waals surface area contributed by atoms with Gasteiger partial charge in [0.05, 0.1) is 0 Å². The topological polar surface area (TPSA) is 54.5 Å². The van der Waals surface area contributed by atoms with E-state index in [0.29, 0.717) is 5.69 Å². The molecule has 0 saturated carbocycles. The average molecular weight is 436 g/mol. The van der Waals surface area contributed by atoms with Crippen molar-refractivity contribution < 1.29 is 18.3 Å². The summed E-state index contributed by atoms with van der Waals surface area (Å²) in [5, 5.41) is 2.76. The first-order chi connectivity index (χ1) is 14.4. The van der Waals surface area contributed by atoms with Gasteiger partial charge in [-0.1, -0.05) is 32.0 Å². The van der Waals surface area contributed by atoms with E-state index < -0.39 is 6.61 Å². The Bertz CT molecular complexity index is 873. The molecule has 1 aliphatic rings. The summed E-state index contributed by atoms with van der Waals surface area (Å²) in [5.41, 5.74) is 2.56. The van der Waals surface area contributed by atoms with Gasteiger partial charge in [-0.15, -0.1) is 0 Å². The lowest BCUT2D eigenvalue weighted by molar-refractivity contribution is -0.0523. The number of nitrogens with one attached hydrogen (secondary N) is 1. The maximum atomic E-state index is 13.4. The summed E-state index contributed by atoms with van der Waals surface area (Å²) in [6.07, 6.45) is 1.74. The molecule has 0 bridgehead atoms. The highest BCUT2D eigenvalue weighted by Crippen LogP contribution is 2.34. The van der Waals surface area contributed by atoms with E-state index in [9.17, 15) is 13.6 Å². The molecule has 1 aromatic carbocycles. The Labute approximate surface area is 180 Å². The molecule has 3 rings (SSSR count). The van der Waals surface area contributed by atoms with Crippen LogP contribution in [0.25, 0.3) is 0 Å². The van der Waals surface area contributed by atoms with Crippen molar-refractivity contribution in [1.29, 1.82) is 0 Å². The van der Waals surface area contributed by atoms with Crippen LogP contribution in [0.3, 0.4) is 0 Å². The highest BCUT2D eigenvalue weighted by atomic mass is 32.2. The molecule has 1 N–H and O–H groups in total. The number of hydrogen-bond acceptors (Lipinski definition) is 4. The first-order valence-corrected chi connectivity index (χ1v) is 11.2. The molecule has 0 unspecified atom stereocenters. The van der Waals surface area contributed by atoms with Crippen LogP contribution in [-0.2, 0) is 0 Å². The Kier molecular flexibility index (Phi) is 7.53. The number of anilines is 2. The molecule has 8 heteroatoms. The molecule has 0 atom stereocenters. The number of carbonyl (C=O) groups excluding carboxylic acids is 1. The Balaban J connectivity index is 1.96. The quantitative estimate of drug-likeness (QED) is 0.600. The molecule has 1 aliphatic heterocycles. The van der Waals surface area contributed by atoms with Gasteiger partial charge in [-0.3, -0.25) is 4.90 Å². The summed E-state index contributed by atoms with van der Waals surface area (Å²) < 4.78 is 30.2. The summed E-state index contributed by atoms with van der Waals surface area (Å²) in [6.45, 7) is 2.83. The predicted molar refractivity (Wildman–Crippen MR) is 118 cm³/mol. The summed E-state index contributed by atoms with van der Waals surface area (Å²) in [6, 6.07) is 10.7. The molecule has 5 nitrogen and oxygen atoms in total. The smallest absolute Gasteiger partial charge is 0.388 e. The molecule has 2 aromatic rings. The van der Waals surface area contributed by atoms with E-state index in [4.69, 9.17) is 0 Å². The van der Waals surface area contributed by atoms with Crippen LogP contribution in [-0.4, -0.2) is 35.2 Å². The number of carbonyl (C=O) groups is 1. The number of alkyl halides is 2. The normalized spacial score (nSPS) is 14.8. The number of ether oxygens (including phenoxy) is 1. The van der Waals surface area contributed by atoms with Gasteiger partial charge in [0.15, 0.2) is 0 Å². The van der Waals surface area contributed by atoms with Gasteiger partial charge in [0.25, 0.3) is 0 Å². The van der Waals surface area contributed by atoms with Gasteiger partial charge in [0.1, 0.15) is 5.69 Å². The van der Waals surface area contributed by atoms with Crippen LogP contribution in [0.5, 0.6) is 5.88 Å². The standard InChI is InChI=1S/C22H27F2N3O2S/c1-14(2)17-6-4-5-7-19(17)27(16-10-12-30-13-11-16)22(28)26-18-9-8-15(3)25-20(18)29-21(23)24/h4-9,14,16,21H,10-13H2,1-3H3,(H,26,28). The van der Waals surface area contributed by atoms with E-state index >= 15 is 0 Å². The number of nitrogens with zero attached hydrogens (tertiary/aromatic N) is 2. The maximum absolute atomic E-state index is 13.4. The summed E-state index contributed by atoms with van der Waals surface area (Å²) in [4.78, 5) is 19.2. The minimum Gasteiger partial charge on any atom is -0.415 e. The Morgan fingerprint density at radius 2 is 1.90 bits per heavy atom. The molecule has 30 heavy (non-hydrogen) atoms. The number of halogens is 2. The van der Waals surface area contributed by atoms with Crippen LogP contribution < -0.4 is 15.0 Å². The molecule has 2 amide bonds. The van der Waals surface area contributed by atoms with E-state index in [1.807, 2.05) is 36.0 Å². The summed E-state index contributed by atoms with van der Waals surface area (Å²) in [7, 11) is 0. The lowest BCUT2D eigenvalue weighted by Gasteiger charge is -2.36. The number of aromatic nitrogens is 1. The molecule has 1 fully saturated rings. The number of rotatable bonds is 6. The average Bonchev–Trinajstić information content (AvgIpc) is 2.71. The summed E-state index contributed by atoms with van der Waals surface area (Å²) >= 11 is 1.88. The number of aryl methyl sites for hydroxylation is 1. The van der Waals surface area contributed by atoms with Gasteiger partial charge >= 0.3 is 12.6 Å². The fourth-order valence-electron chi connectivity index (χ4n) is 3.59. The first kappa shape index (κ1) is 22.3. The molecule has 0 radical (unpaired) electrons. The fourth-order valence-corrected chi connectivity index (χ4v) is 4.67. The van der Waals surface area contributed by atoms with E-state index in [1.54, 1.807) is 24.0 Å². The second kappa shape index (κ2) is 10.1. The van der Waals surface area contributed by atoms with Crippen LogP contribution in [0.1, 0.15) is 43.9 Å². The molecule has 162 valence electrons. The van der Waals surface area contributed by atoms with Crippen LogP contribution in [0.4, 0.5) is 25.0 Å². The van der Waals surface area contributed by atoms with Crippen LogP contribution in [0, 0.1) is 6.92 Å². The number of hydrogen-bond donors (Lipinski definition) is 1. The third-order valence-corrected chi connectivity index (χ3v) is 6.08.